The molecule has 1 atom stereocenters. The van der Waals surface area contributed by atoms with Crippen molar-refractivity contribution in [1.82, 2.24) is 10.2 Å². The Morgan fingerprint density at radius 1 is 1.33 bits per heavy atom. The molecule has 0 aliphatic carbocycles. The Bertz CT molecular complexity index is 470. The van der Waals surface area contributed by atoms with Gasteiger partial charge in [0, 0.05) is 25.7 Å². The van der Waals surface area contributed by atoms with Crippen molar-refractivity contribution in [2.24, 2.45) is 0 Å². The summed E-state index contributed by atoms with van der Waals surface area (Å²) in [6.07, 6.45) is 0. The fourth-order valence-corrected chi connectivity index (χ4v) is 3.18. The predicted octanol–water partition coefficient (Wildman–Crippen LogP) is 3.06. The number of aryl methyl sites for hydroxylation is 2. The lowest BCUT2D eigenvalue weighted by Gasteiger charge is -2.40. The van der Waals surface area contributed by atoms with Crippen LogP contribution < -0.4 is 5.32 Å². The molecule has 1 aliphatic heterocycles. The van der Waals surface area contributed by atoms with Crippen molar-refractivity contribution in [3.8, 4) is 0 Å². The van der Waals surface area contributed by atoms with E-state index in [1.165, 1.54) is 16.7 Å². The quantitative estimate of drug-likeness (QED) is 0.902. The first-order valence-corrected chi connectivity index (χ1v) is 8.08. The van der Waals surface area contributed by atoms with Gasteiger partial charge in [0.15, 0.2) is 0 Å². The minimum Gasteiger partial charge on any atom is -0.373 e. The van der Waals surface area contributed by atoms with Gasteiger partial charge in [0.2, 0.25) is 0 Å². The zero-order valence-electron chi connectivity index (χ0n) is 14.2. The van der Waals surface area contributed by atoms with E-state index in [1.54, 1.807) is 0 Å². The molecule has 2 rings (SSSR count). The summed E-state index contributed by atoms with van der Waals surface area (Å²) in [5, 5.41) is 3.66. The molecule has 1 fully saturated rings. The third-order valence-electron chi connectivity index (χ3n) is 4.21. The number of hydrogen-bond acceptors (Lipinski definition) is 3. The van der Waals surface area contributed by atoms with Crippen LogP contribution in [0.5, 0.6) is 0 Å². The summed E-state index contributed by atoms with van der Waals surface area (Å²) in [5.74, 6) is 0. The normalized spacial score (nSPS) is 20.4. The lowest BCUT2D eigenvalue weighted by Crippen LogP contribution is -2.50. The molecule has 1 aromatic rings. The lowest BCUT2D eigenvalue weighted by molar-refractivity contribution is -0.0876. The van der Waals surface area contributed by atoms with E-state index in [0.717, 1.165) is 32.8 Å². The van der Waals surface area contributed by atoms with Crippen molar-refractivity contribution in [1.29, 1.82) is 0 Å². The molecule has 1 unspecified atom stereocenters. The van der Waals surface area contributed by atoms with Crippen LogP contribution in [-0.4, -0.2) is 43.3 Å². The van der Waals surface area contributed by atoms with E-state index in [0.29, 0.717) is 6.04 Å². The maximum absolute atomic E-state index is 5.82. The molecule has 1 N–H and O–H groups in total. The van der Waals surface area contributed by atoms with Crippen molar-refractivity contribution < 1.29 is 4.74 Å². The van der Waals surface area contributed by atoms with Gasteiger partial charge in [-0.2, -0.15) is 0 Å². The van der Waals surface area contributed by atoms with Gasteiger partial charge in [0.05, 0.1) is 12.2 Å². The molecule has 0 saturated carbocycles. The first kappa shape index (κ1) is 16.5. The lowest BCUT2D eigenvalue weighted by atomic mass is 9.97. The Labute approximate surface area is 129 Å². The molecule has 0 spiro atoms. The minimum atomic E-state index is -0.0311. The van der Waals surface area contributed by atoms with Crippen LogP contribution in [-0.2, 0) is 4.74 Å². The Balaban J connectivity index is 2.13. The van der Waals surface area contributed by atoms with Gasteiger partial charge in [0.25, 0.3) is 0 Å². The second kappa shape index (κ2) is 6.91. The zero-order valence-corrected chi connectivity index (χ0v) is 14.2. The predicted molar refractivity (Wildman–Crippen MR) is 88.8 cm³/mol. The smallest absolute Gasteiger partial charge is 0.0753 e. The SMILES string of the molecule is CCNC(CN1CCOC(C)(C)C1)c1cc(C)ccc1C. The fourth-order valence-electron chi connectivity index (χ4n) is 3.18. The summed E-state index contributed by atoms with van der Waals surface area (Å²) in [4.78, 5) is 2.53. The molecule has 0 amide bonds. The molecule has 1 aromatic carbocycles. The summed E-state index contributed by atoms with van der Waals surface area (Å²) >= 11 is 0. The van der Waals surface area contributed by atoms with Crippen LogP contribution in [0, 0.1) is 13.8 Å². The molecule has 0 aromatic heterocycles. The standard InChI is InChI=1S/C18H30N2O/c1-6-19-17(16-11-14(2)7-8-15(16)3)12-20-9-10-21-18(4,5)13-20/h7-8,11,17,19H,6,9-10,12-13H2,1-5H3. The Morgan fingerprint density at radius 3 is 2.76 bits per heavy atom. The van der Waals surface area contributed by atoms with Gasteiger partial charge in [-0.3, -0.25) is 4.90 Å². The highest BCUT2D eigenvalue weighted by Crippen LogP contribution is 2.23. The highest BCUT2D eigenvalue weighted by atomic mass is 16.5. The monoisotopic (exact) mass is 290 g/mol. The van der Waals surface area contributed by atoms with Crippen molar-refractivity contribution in [3.05, 3.63) is 34.9 Å². The number of nitrogens with one attached hydrogen (secondary N) is 1. The Morgan fingerprint density at radius 2 is 2.10 bits per heavy atom. The first-order chi connectivity index (χ1) is 9.91. The summed E-state index contributed by atoms with van der Waals surface area (Å²) in [6.45, 7) is 15.8. The summed E-state index contributed by atoms with van der Waals surface area (Å²) in [7, 11) is 0. The van der Waals surface area contributed by atoms with Crippen molar-refractivity contribution in [2.45, 2.75) is 46.3 Å². The van der Waals surface area contributed by atoms with Crippen LogP contribution in [0.3, 0.4) is 0 Å². The zero-order chi connectivity index (χ0) is 15.5. The number of hydrogen-bond donors (Lipinski definition) is 1. The van der Waals surface area contributed by atoms with E-state index < -0.39 is 0 Å². The molecular formula is C18H30N2O. The Hall–Kier alpha value is -0.900. The highest BCUT2D eigenvalue weighted by molar-refractivity contribution is 5.33. The van der Waals surface area contributed by atoms with Crippen molar-refractivity contribution in [2.75, 3.05) is 32.8 Å². The summed E-state index contributed by atoms with van der Waals surface area (Å²) in [5.41, 5.74) is 4.11. The molecule has 3 heteroatoms. The number of nitrogens with zero attached hydrogens (tertiary/aromatic N) is 1. The number of likely N-dealkylation sites (N-methyl/N-ethyl adjacent to an activating group) is 1. The van der Waals surface area contributed by atoms with Crippen molar-refractivity contribution >= 4 is 0 Å². The molecule has 0 radical (unpaired) electrons. The number of rotatable bonds is 5. The molecule has 1 heterocycles. The van der Waals surface area contributed by atoms with Crippen LogP contribution >= 0.6 is 0 Å². The van der Waals surface area contributed by atoms with E-state index in [9.17, 15) is 0 Å². The molecule has 118 valence electrons. The third-order valence-corrected chi connectivity index (χ3v) is 4.21. The second-order valence-electron chi connectivity index (χ2n) is 6.81. The van der Waals surface area contributed by atoms with Crippen LogP contribution in [0.25, 0.3) is 0 Å². The van der Waals surface area contributed by atoms with Gasteiger partial charge in [-0.15, -0.1) is 0 Å². The van der Waals surface area contributed by atoms with Crippen molar-refractivity contribution in [3.63, 3.8) is 0 Å². The van der Waals surface area contributed by atoms with Gasteiger partial charge >= 0.3 is 0 Å². The van der Waals surface area contributed by atoms with E-state index in [2.05, 4.69) is 63.0 Å². The summed E-state index contributed by atoms with van der Waals surface area (Å²) < 4.78 is 5.82. The second-order valence-corrected chi connectivity index (χ2v) is 6.81. The van der Waals surface area contributed by atoms with E-state index in [4.69, 9.17) is 4.74 Å². The topological polar surface area (TPSA) is 24.5 Å². The number of morpholine rings is 1. The van der Waals surface area contributed by atoms with Crippen LogP contribution in [0.1, 0.15) is 43.5 Å². The van der Waals surface area contributed by atoms with Gasteiger partial charge in [0.1, 0.15) is 0 Å². The van der Waals surface area contributed by atoms with Crippen LogP contribution in [0.15, 0.2) is 18.2 Å². The van der Waals surface area contributed by atoms with Gasteiger partial charge in [-0.05, 0) is 45.4 Å². The average molecular weight is 290 g/mol. The number of benzene rings is 1. The molecule has 1 saturated heterocycles. The first-order valence-electron chi connectivity index (χ1n) is 8.08. The van der Waals surface area contributed by atoms with Crippen LogP contribution in [0.2, 0.25) is 0 Å². The Kier molecular flexibility index (Phi) is 5.42. The molecular weight excluding hydrogens is 260 g/mol. The fraction of sp³-hybridized carbons (Fsp3) is 0.667. The molecule has 21 heavy (non-hydrogen) atoms. The van der Waals surface area contributed by atoms with E-state index in [-0.39, 0.29) is 5.60 Å². The third kappa shape index (κ3) is 4.53. The van der Waals surface area contributed by atoms with Crippen LogP contribution in [0.4, 0.5) is 0 Å². The van der Waals surface area contributed by atoms with Gasteiger partial charge in [-0.25, -0.2) is 0 Å². The van der Waals surface area contributed by atoms with Gasteiger partial charge < -0.3 is 10.1 Å². The largest absolute Gasteiger partial charge is 0.373 e. The summed E-state index contributed by atoms with van der Waals surface area (Å²) in [6, 6.07) is 7.15. The van der Waals surface area contributed by atoms with E-state index in [1.807, 2.05) is 0 Å². The molecule has 3 nitrogen and oxygen atoms in total. The molecule has 1 aliphatic rings. The highest BCUT2D eigenvalue weighted by Gasteiger charge is 2.28. The van der Waals surface area contributed by atoms with E-state index >= 15 is 0 Å². The maximum atomic E-state index is 5.82. The van der Waals surface area contributed by atoms with Gasteiger partial charge in [-0.1, -0.05) is 30.7 Å². The maximum Gasteiger partial charge on any atom is 0.0753 e. The average Bonchev–Trinajstić information content (AvgIpc) is 2.40. The number of ether oxygens (including phenoxy) is 1. The molecule has 0 bridgehead atoms. The minimum absolute atomic E-state index is 0.0311.